The van der Waals surface area contributed by atoms with E-state index >= 15 is 0 Å². The van der Waals surface area contributed by atoms with Gasteiger partial charge in [0.25, 0.3) is 0 Å². The third kappa shape index (κ3) is 4.80. The molecule has 1 N–H and O–H groups in total. The van der Waals surface area contributed by atoms with Crippen LogP contribution in [0.2, 0.25) is 5.02 Å². The smallest absolute Gasteiger partial charge is 0.307 e. The lowest BCUT2D eigenvalue weighted by molar-refractivity contribution is 0.0929. The van der Waals surface area contributed by atoms with E-state index in [2.05, 4.69) is 49.0 Å². The summed E-state index contributed by atoms with van der Waals surface area (Å²) >= 11 is 12.8. The molecule has 0 spiro atoms. The standard InChI is InChI=1S/C19H13Br2ClN2O3/c1-2-5-26-18-14(20)6-11(7-15(18)21)10-23-24-19(25)17-9-12-8-13(22)3-4-16(12)27-17/h2-4,6-10H,1,5H2,(H,24,25)/b23-10-. The van der Waals surface area contributed by atoms with Crippen LogP contribution in [0.4, 0.5) is 0 Å². The second-order valence-corrected chi connectivity index (χ2v) is 7.55. The van der Waals surface area contributed by atoms with Crippen LogP contribution in [0, 0.1) is 0 Å². The summed E-state index contributed by atoms with van der Waals surface area (Å²) in [5.74, 6) is 0.361. The van der Waals surface area contributed by atoms with Crippen molar-refractivity contribution < 1.29 is 13.9 Å². The Morgan fingerprint density at radius 3 is 2.70 bits per heavy atom. The highest BCUT2D eigenvalue weighted by Crippen LogP contribution is 2.34. The number of hydrogen-bond acceptors (Lipinski definition) is 4. The van der Waals surface area contributed by atoms with Crippen LogP contribution >= 0.6 is 43.5 Å². The predicted molar refractivity (Wildman–Crippen MR) is 114 cm³/mol. The first-order chi connectivity index (χ1) is 13.0. The largest absolute Gasteiger partial charge is 0.487 e. The highest BCUT2D eigenvalue weighted by molar-refractivity contribution is 9.11. The number of ether oxygens (including phenoxy) is 1. The first-order valence-electron chi connectivity index (χ1n) is 7.73. The Morgan fingerprint density at radius 1 is 1.26 bits per heavy atom. The molecule has 1 heterocycles. The summed E-state index contributed by atoms with van der Waals surface area (Å²) in [5, 5.41) is 5.29. The number of amides is 1. The number of benzene rings is 2. The van der Waals surface area contributed by atoms with Gasteiger partial charge in [-0.05, 0) is 73.8 Å². The molecule has 0 saturated heterocycles. The summed E-state index contributed by atoms with van der Waals surface area (Å²) in [7, 11) is 0. The number of hydrazone groups is 1. The number of nitrogens with one attached hydrogen (secondary N) is 1. The second kappa shape index (κ2) is 8.73. The van der Waals surface area contributed by atoms with Gasteiger partial charge >= 0.3 is 5.91 Å². The van der Waals surface area contributed by atoms with E-state index in [-0.39, 0.29) is 5.76 Å². The van der Waals surface area contributed by atoms with Gasteiger partial charge in [-0.1, -0.05) is 24.3 Å². The van der Waals surface area contributed by atoms with Crippen LogP contribution in [0.5, 0.6) is 5.75 Å². The Balaban J connectivity index is 1.70. The van der Waals surface area contributed by atoms with E-state index < -0.39 is 5.91 Å². The van der Waals surface area contributed by atoms with Crippen molar-refractivity contribution in [1.82, 2.24) is 5.43 Å². The topological polar surface area (TPSA) is 63.8 Å². The van der Waals surface area contributed by atoms with E-state index in [0.717, 1.165) is 19.9 Å². The molecule has 8 heteroatoms. The number of carbonyl (C=O) groups is 1. The lowest BCUT2D eigenvalue weighted by Crippen LogP contribution is -2.16. The van der Waals surface area contributed by atoms with Gasteiger partial charge in [-0.3, -0.25) is 4.79 Å². The number of furan rings is 1. The molecule has 27 heavy (non-hydrogen) atoms. The lowest BCUT2D eigenvalue weighted by Gasteiger charge is -2.09. The van der Waals surface area contributed by atoms with Gasteiger partial charge in [-0.25, -0.2) is 5.43 Å². The van der Waals surface area contributed by atoms with Gasteiger partial charge in [-0.15, -0.1) is 0 Å². The fraction of sp³-hybridized carbons (Fsp3) is 0.0526. The molecule has 0 saturated carbocycles. The zero-order chi connectivity index (χ0) is 19.4. The Kier molecular flexibility index (Phi) is 6.36. The molecule has 138 valence electrons. The molecule has 5 nitrogen and oxygen atoms in total. The molecule has 0 aliphatic rings. The predicted octanol–water partition coefficient (Wildman–Crippen LogP) is 5.94. The van der Waals surface area contributed by atoms with Crippen molar-refractivity contribution in [3.05, 3.63) is 74.3 Å². The molecular formula is C19H13Br2ClN2O3. The Morgan fingerprint density at radius 2 is 2.00 bits per heavy atom. The first kappa shape index (κ1) is 19.7. The summed E-state index contributed by atoms with van der Waals surface area (Å²) < 4.78 is 12.6. The average molecular weight is 513 g/mol. The van der Waals surface area contributed by atoms with Crippen molar-refractivity contribution in [1.29, 1.82) is 0 Å². The Hall–Kier alpha value is -2.09. The zero-order valence-electron chi connectivity index (χ0n) is 13.8. The molecule has 0 radical (unpaired) electrons. The van der Waals surface area contributed by atoms with Crippen LogP contribution in [0.25, 0.3) is 11.0 Å². The van der Waals surface area contributed by atoms with Crippen molar-refractivity contribution in [2.45, 2.75) is 0 Å². The minimum atomic E-state index is -0.456. The number of hydrogen-bond donors (Lipinski definition) is 1. The fourth-order valence-electron chi connectivity index (χ4n) is 2.28. The molecule has 3 aromatic rings. The summed E-state index contributed by atoms with van der Waals surface area (Å²) in [4.78, 5) is 12.2. The molecule has 1 aromatic heterocycles. The molecule has 0 aliphatic heterocycles. The maximum Gasteiger partial charge on any atom is 0.307 e. The number of nitrogens with zero attached hydrogens (tertiary/aromatic N) is 1. The highest BCUT2D eigenvalue weighted by Gasteiger charge is 2.12. The third-order valence-electron chi connectivity index (χ3n) is 3.45. The van der Waals surface area contributed by atoms with Gasteiger partial charge in [-0.2, -0.15) is 5.10 Å². The van der Waals surface area contributed by atoms with E-state index in [9.17, 15) is 4.79 Å². The minimum absolute atomic E-state index is 0.153. The van der Waals surface area contributed by atoms with Crippen molar-refractivity contribution in [3.63, 3.8) is 0 Å². The van der Waals surface area contributed by atoms with E-state index in [0.29, 0.717) is 23.0 Å². The molecule has 2 aromatic carbocycles. The number of rotatable bonds is 6. The molecule has 0 fully saturated rings. The van der Waals surface area contributed by atoms with Crippen LogP contribution in [0.1, 0.15) is 16.1 Å². The normalized spacial score (nSPS) is 11.1. The number of carbonyl (C=O) groups excluding carboxylic acids is 1. The molecule has 0 unspecified atom stereocenters. The SMILES string of the molecule is C=CCOc1c(Br)cc(/C=N\NC(=O)c2cc3cc(Cl)ccc3o2)cc1Br. The zero-order valence-corrected chi connectivity index (χ0v) is 17.8. The van der Waals surface area contributed by atoms with Gasteiger partial charge in [0.2, 0.25) is 0 Å². The summed E-state index contributed by atoms with van der Waals surface area (Å²) in [6, 6.07) is 10.4. The van der Waals surface area contributed by atoms with Crippen LogP contribution < -0.4 is 10.2 Å². The van der Waals surface area contributed by atoms with Crippen molar-refractivity contribution in [2.24, 2.45) is 5.10 Å². The van der Waals surface area contributed by atoms with Crippen molar-refractivity contribution >= 4 is 66.6 Å². The van der Waals surface area contributed by atoms with Crippen LogP contribution in [0.15, 0.2) is 67.5 Å². The number of halogens is 3. The summed E-state index contributed by atoms with van der Waals surface area (Å²) in [6.07, 6.45) is 3.18. The van der Waals surface area contributed by atoms with Crippen LogP contribution in [0.3, 0.4) is 0 Å². The highest BCUT2D eigenvalue weighted by atomic mass is 79.9. The quantitative estimate of drug-likeness (QED) is 0.253. The average Bonchev–Trinajstić information content (AvgIpc) is 3.04. The van der Waals surface area contributed by atoms with Crippen LogP contribution in [-0.2, 0) is 0 Å². The lowest BCUT2D eigenvalue weighted by atomic mass is 10.2. The van der Waals surface area contributed by atoms with E-state index in [1.807, 2.05) is 12.1 Å². The molecule has 3 rings (SSSR count). The summed E-state index contributed by atoms with van der Waals surface area (Å²) in [6.45, 7) is 4.01. The van der Waals surface area contributed by atoms with Gasteiger partial charge in [0, 0.05) is 10.4 Å². The van der Waals surface area contributed by atoms with E-state index in [1.165, 1.54) is 6.21 Å². The summed E-state index contributed by atoms with van der Waals surface area (Å²) in [5.41, 5.74) is 3.78. The monoisotopic (exact) mass is 510 g/mol. The molecule has 0 atom stereocenters. The van der Waals surface area contributed by atoms with E-state index in [4.69, 9.17) is 20.8 Å². The molecular weight excluding hydrogens is 499 g/mol. The van der Waals surface area contributed by atoms with Crippen molar-refractivity contribution in [2.75, 3.05) is 6.61 Å². The second-order valence-electron chi connectivity index (χ2n) is 5.41. The number of fused-ring (bicyclic) bond motifs is 1. The minimum Gasteiger partial charge on any atom is -0.487 e. The molecule has 0 bridgehead atoms. The molecule has 0 aliphatic carbocycles. The third-order valence-corrected chi connectivity index (χ3v) is 4.86. The van der Waals surface area contributed by atoms with Gasteiger partial charge in [0.15, 0.2) is 5.76 Å². The maximum atomic E-state index is 12.2. The fourth-order valence-corrected chi connectivity index (χ4v) is 3.91. The van der Waals surface area contributed by atoms with Crippen LogP contribution in [-0.4, -0.2) is 18.7 Å². The Bertz CT molecular complexity index is 1020. The molecule has 1 amide bonds. The maximum absolute atomic E-state index is 12.2. The van der Waals surface area contributed by atoms with Gasteiger partial charge < -0.3 is 9.15 Å². The van der Waals surface area contributed by atoms with Gasteiger partial charge in [0.1, 0.15) is 17.9 Å². The Labute approximate surface area is 177 Å². The van der Waals surface area contributed by atoms with E-state index in [1.54, 1.807) is 30.3 Å². The first-order valence-corrected chi connectivity index (χ1v) is 9.69. The van der Waals surface area contributed by atoms with Crippen molar-refractivity contribution in [3.8, 4) is 5.75 Å². The van der Waals surface area contributed by atoms with Gasteiger partial charge in [0.05, 0.1) is 15.2 Å².